The van der Waals surface area contributed by atoms with Crippen LogP contribution in [-0.2, 0) is 6.42 Å². The maximum Gasteiger partial charge on any atom is 0.224 e. The van der Waals surface area contributed by atoms with Crippen LogP contribution >= 0.6 is 0 Å². The van der Waals surface area contributed by atoms with E-state index in [1.165, 1.54) is 12.8 Å². The zero-order valence-corrected chi connectivity index (χ0v) is 18.6. The number of aryl methyl sites for hydroxylation is 2. The summed E-state index contributed by atoms with van der Waals surface area (Å²) in [6.45, 7) is 4.98. The van der Waals surface area contributed by atoms with Crippen LogP contribution in [0.5, 0.6) is 0 Å². The summed E-state index contributed by atoms with van der Waals surface area (Å²) in [6.07, 6.45) is 5.85. The van der Waals surface area contributed by atoms with Crippen molar-refractivity contribution in [3.8, 4) is 11.3 Å². The van der Waals surface area contributed by atoms with E-state index in [2.05, 4.69) is 22.5 Å². The van der Waals surface area contributed by atoms with E-state index < -0.39 is 6.10 Å². The molecule has 3 aromatic heterocycles. The van der Waals surface area contributed by atoms with Crippen LogP contribution in [0.2, 0.25) is 0 Å². The van der Waals surface area contributed by atoms with Gasteiger partial charge in [0, 0.05) is 24.2 Å². The van der Waals surface area contributed by atoms with E-state index in [0.717, 1.165) is 40.9 Å². The fourth-order valence-electron chi connectivity index (χ4n) is 4.51. The van der Waals surface area contributed by atoms with Gasteiger partial charge in [-0.2, -0.15) is 4.98 Å². The van der Waals surface area contributed by atoms with Crippen LogP contribution in [0.25, 0.3) is 22.3 Å². The van der Waals surface area contributed by atoms with Gasteiger partial charge >= 0.3 is 0 Å². The fraction of sp³-hybridized carbons (Fsp3) is 0.542. The molecule has 3 heterocycles. The summed E-state index contributed by atoms with van der Waals surface area (Å²) >= 11 is 0. The Balaban J connectivity index is 1.52. The standard InChI is InChI=1S/C24H31N5O3/c1-3-17-8-16-9-20(32-21(16)11-25-17)22-13(2)27-24(26-10-14-4-5-14)29-23(22)28-18-6-15(12-30)7-19(18)31/h8-9,11,14-15,18-19,30-31H,3-7,10,12H2,1-2H3,(H2,26,27,28,29)/t15-,18+,19+/m0/s1. The minimum absolute atomic E-state index is 0.0788. The lowest BCUT2D eigenvalue weighted by Crippen LogP contribution is -2.29. The van der Waals surface area contributed by atoms with Gasteiger partial charge in [0.25, 0.3) is 0 Å². The molecule has 0 saturated heterocycles. The van der Waals surface area contributed by atoms with E-state index in [4.69, 9.17) is 14.4 Å². The third-order valence-electron chi connectivity index (χ3n) is 6.61. The van der Waals surface area contributed by atoms with Crippen molar-refractivity contribution in [3.63, 3.8) is 0 Å². The summed E-state index contributed by atoms with van der Waals surface area (Å²) < 4.78 is 6.15. The molecule has 0 bridgehead atoms. The molecule has 2 saturated carbocycles. The summed E-state index contributed by atoms with van der Waals surface area (Å²) in [7, 11) is 0. The molecule has 3 aromatic rings. The minimum Gasteiger partial charge on any atom is -0.454 e. The highest BCUT2D eigenvalue weighted by Crippen LogP contribution is 2.37. The third-order valence-corrected chi connectivity index (χ3v) is 6.61. The molecule has 32 heavy (non-hydrogen) atoms. The first-order valence-electron chi connectivity index (χ1n) is 11.6. The number of aliphatic hydroxyl groups excluding tert-OH is 2. The lowest BCUT2D eigenvalue weighted by Gasteiger charge is -2.20. The molecule has 2 aliphatic carbocycles. The number of rotatable bonds is 8. The van der Waals surface area contributed by atoms with Gasteiger partial charge in [-0.1, -0.05) is 6.92 Å². The first-order valence-corrected chi connectivity index (χ1v) is 11.6. The van der Waals surface area contributed by atoms with Crippen LogP contribution in [0, 0.1) is 18.8 Å². The Morgan fingerprint density at radius 2 is 2.00 bits per heavy atom. The van der Waals surface area contributed by atoms with Crippen LogP contribution < -0.4 is 10.6 Å². The average molecular weight is 438 g/mol. The Kier molecular flexibility index (Phi) is 5.73. The topological polar surface area (TPSA) is 116 Å². The van der Waals surface area contributed by atoms with Crippen molar-refractivity contribution < 1.29 is 14.6 Å². The van der Waals surface area contributed by atoms with Gasteiger partial charge in [0.2, 0.25) is 5.95 Å². The van der Waals surface area contributed by atoms with Crippen molar-refractivity contribution >= 4 is 22.7 Å². The van der Waals surface area contributed by atoms with E-state index in [9.17, 15) is 10.2 Å². The molecule has 0 radical (unpaired) electrons. The van der Waals surface area contributed by atoms with Gasteiger partial charge in [0.1, 0.15) is 11.6 Å². The third kappa shape index (κ3) is 4.29. The summed E-state index contributed by atoms with van der Waals surface area (Å²) in [5.41, 5.74) is 3.32. The number of anilines is 2. The minimum atomic E-state index is -0.537. The van der Waals surface area contributed by atoms with Crippen LogP contribution in [0.15, 0.2) is 22.7 Å². The van der Waals surface area contributed by atoms with Gasteiger partial charge in [-0.05, 0) is 63.0 Å². The number of hydrogen-bond donors (Lipinski definition) is 4. The fourth-order valence-corrected chi connectivity index (χ4v) is 4.51. The van der Waals surface area contributed by atoms with Crippen molar-refractivity contribution in [2.75, 3.05) is 23.8 Å². The first kappa shape index (κ1) is 21.2. The molecule has 2 aliphatic rings. The molecule has 3 atom stereocenters. The van der Waals surface area contributed by atoms with Gasteiger partial charge < -0.3 is 25.3 Å². The molecule has 2 fully saturated rings. The van der Waals surface area contributed by atoms with Gasteiger partial charge in [-0.15, -0.1) is 0 Å². The highest BCUT2D eigenvalue weighted by atomic mass is 16.3. The number of fused-ring (bicyclic) bond motifs is 1. The van der Waals surface area contributed by atoms with E-state index >= 15 is 0 Å². The highest BCUT2D eigenvalue weighted by Gasteiger charge is 2.34. The maximum absolute atomic E-state index is 10.5. The van der Waals surface area contributed by atoms with Gasteiger partial charge in [0.05, 0.1) is 29.6 Å². The number of furan rings is 1. The van der Waals surface area contributed by atoms with E-state index in [0.29, 0.717) is 36.3 Å². The molecular weight excluding hydrogens is 406 g/mol. The largest absolute Gasteiger partial charge is 0.454 e. The Bertz CT molecular complexity index is 1110. The Morgan fingerprint density at radius 1 is 1.16 bits per heavy atom. The highest BCUT2D eigenvalue weighted by molar-refractivity contribution is 5.86. The summed E-state index contributed by atoms with van der Waals surface area (Å²) in [5, 5.41) is 27.9. The van der Waals surface area contributed by atoms with Crippen LogP contribution in [0.3, 0.4) is 0 Å². The SMILES string of the molecule is CCc1cc2cc(-c3c(C)nc(NCC4CC4)nc3N[C@@H]3C[C@H](CO)C[C@H]3O)oc2cn1. The second kappa shape index (κ2) is 8.67. The second-order valence-electron chi connectivity index (χ2n) is 9.20. The summed E-state index contributed by atoms with van der Waals surface area (Å²) in [4.78, 5) is 13.9. The lowest BCUT2D eigenvalue weighted by atomic mass is 10.1. The van der Waals surface area contributed by atoms with Gasteiger partial charge in [-0.3, -0.25) is 4.98 Å². The molecule has 0 aromatic carbocycles. The Hall–Kier alpha value is -2.71. The van der Waals surface area contributed by atoms with E-state index in [1.54, 1.807) is 6.20 Å². The Labute approximate surface area is 187 Å². The molecule has 8 heteroatoms. The number of aliphatic hydroxyl groups is 2. The van der Waals surface area contributed by atoms with Crippen LogP contribution in [0.1, 0.15) is 44.0 Å². The molecule has 8 nitrogen and oxygen atoms in total. The van der Waals surface area contributed by atoms with Gasteiger partial charge in [-0.25, -0.2) is 4.98 Å². The lowest BCUT2D eigenvalue weighted by molar-refractivity contribution is 0.157. The number of aromatic nitrogens is 3. The summed E-state index contributed by atoms with van der Waals surface area (Å²) in [6, 6.07) is 3.87. The zero-order valence-electron chi connectivity index (χ0n) is 18.6. The second-order valence-corrected chi connectivity index (χ2v) is 9.20. The predicted molar refractivity (Wildman–Crippen MR) is 124 cm³/mol. The molecule has 0 spiro atoms. The molecule has 5 rings (SSSR count). The van der Waals surface area contributed by atoms with Crippen molar-refractivity contribution in [1.82, 2.24) is 15.0 Å². The van der Waals surface area contributed by atoms with Crippen LogP contribution in [-0.4, -0.2) is 50.5 Å². The quantitative estimate of drug-likeness (QED) is 0.423. The molecule has 0 amide bonds. The monoisotopic (exact) mass is 437 g/mol. The molecular formula is C24H31N5O3. The molecule has 170 valence electrons. The predicted octanol–water partition coefficient (Wildman–Crippen LogP) is 3.52. The molecule has 4 N–H and O–H groups in total. The van der Waals surface area contributed by atoms with Crippen molar-refractivity contribution in [2.45, 2.75) is 58.1 Å². The van der Waals surface area contributed by atoms with Crippen LogP contribution in [0.4, 0.5) is 11.8 Å². The average Bonchev–Trinajstić information content (AvgIpc) is 3.42. The van der Waals surface area contributed by atoms with E-state index in [1.807, 2.05) is 19.1 Å². The smallest absolute Gasteiger partial charge is 0.224 e. The van der Waals surface area contributed by atoms with Crippen molar-refractivity contribution in [2.24, 2.45) is 11.8 Å². The van der Waals surface area contributed by atoms with Gasteiger partial charge in [0.15, 0.2) is 5.58 Å². The Morgan fingerprint density at radius 3 is 2.72 bits per heavy atom. The van der Waals surface area contributed by atoms with E-state index in [-0.39, 0.29) is 18.6 Å². The molecule has 0 unspecified atom stereocenters. The molecule has 0 aliphatic heterocycles. The number of hydrogen-bond acceptors (Lipinski definition) is 8. The number of pyridine rings is 1. The van der Waals surface area contributed by atoms with Crippen molar-refractivity contribution in [3.05, 3.63) is 29.7 Å². The maximum atomic E-state index is 10.5. The number of nitrogens with one attached hydrogen (secondary N) is 2. The number of nitrogens with zero attached hydrogens (tertiary/aromatic N) is 3. The normalized spacial score (nSPS) is 23.1. The summed E-state index contributed by atoms with van der Waals surface area (Å²) in [5.74, 6) is 2.69. The first-order chi connectivity index (χ1) is 15.5. The zero-order chi connectivity index (χ0) is 22.2. The van der Waals surface area contributed by atoms with Crippen molar-refractivity contribution in [1.29, 1.82) is 0 Å².